The van der Waals surface area contributed by atoms with Gasteiger partial charge in [-0.15, -0.1) is 0 Å². The van der Waals surface area contributed by atoms with E-state index in [9.17, 15) is 8.42 Å². The number of halogens is 1. The molecule has 1 aromatic carbocycles. The number of rotatable bonds is 2. The van der Waals surface area contributed by atoms with Crippen molar-refractivity contribution in [3.05, 3.63) is 22.7 Å². The summed E-state index contributed by atoms with van der Waals surface area (Å²) >= 11 is 6.20. The van der Waals surface area contributed by atoms with Crippen molar-refractivity contribution in [3.8, 4) is 0 Å². The van der Waals surface area contributed by atoms with Gasteiger partial charge in [0.1, 0.15) is 0 Å². The van der Waals surface area contributed by atoms with Crippen LogP contribution in [0.4, 0.5) is 5.82 Å². The Balaban J connectivity index is 2.83. The van der Waals surface area contributed by atoms with Crippen LogP contribution in [0.15, 0.2) is 12.1 Å². The maximum absolute atomic E-state index is 11.2. The van der Waals surface area contributed by atoms with Gasteiger partial charge in [0.15, 0.2) is 5.82 Å². The normalized spacial score (nSPS) is 12.9. The second kappa shape index (κ2) is 4.61. The van der Waals surface area contributed by atoms with Crippen molar-refractivity contribution in [2.24, 2.45) is 12.2 Å². The van der Waals surface area contributed by atoms with Crippen LogP contribution in [0.3, 0.4) is 0 Å². The third-order valence-electron chi connectivity index (χ3n) is 2.98. The highest BCUT2D eigenvalue weighted by Crippen LogP contribution is 2.37. The fourth-order valence-corrected chi connectivity index (χ4v) is 2.84. The Labute approximate surface area is 123 Å². The lowest BCUT2D eigenvalue weighted by Crippen LogP contribution is -2.22. The highest BCUT2D eigenvalue weighted by molar-refractivity contribution is 7.90. The molecule has 6 nitrogen and oxygen atoms in total. The van der Waals surface area contributed by atoms with Crippen molar-refractivity contribution in [2.75, 3.05) is 4.72 Å². The zero-order valence-corrected chi connectivity index (χ0v) is 13.3. The molecule has 0 fully saturated rings. The SMILES string of the molecule is Cn1nc(NS(N)(=O)=O)c2c(Cl)ccc(C(C)(C)C)c21. The molecule has 0 amide bonds. The summed E-state index contributed by atoms with van der Waals surface area (Å²) in [5, 5.41) is 10.2. The van der Waals surface area contributed by atoms with Crippen molar-refractivity contribution in [1.82, 2.24) is 9.78 Å². The van der Waals surface area contributed by atoms with Crippen molar-refractivity contribution >= 4 is 38.5 Å². The summed E-state index contributed by atoms with van der Waals surface area (Å²) in [6.07, 6.45) is 0. The van der Waals surface area contributed by atoms with Crippen LogP contribution in [0.25, 0.3) is 10.9 Å². The van der Waals surface area contributed by atoms with Crippen LogP contribution >= 0.6 is 11.6 Å². The van der Waals surface area contributed by atoms with E-state index in [1.165, 1.54) is 0 Å². The van der Waals surface area contributed by atoms with Gasteiger partial charge in [0.25, 0.3) is 10.2 Å². The number of anilines is 1. The van der Waals surface area contributed by atoms with E-state index in [2.05, 4.69) is 30.6 Å². The number of fused-ring (bicyclic) bond motifs is 1. The van der Waals surface area contributed by atoms with Gasteiger partial charge >= 0.3 is 0 Å². The average Bonchev–Trinajstić information content (AvgIpc) is 2.53. The van der Waals surface area contributed by atoms with E-state index in [4.69, 9.17) is 16.7 Å². The number of aryl methyl sites for hydroxylation is 1. The van der Waals surface area contributed by atoms with Gasteiger partial charge in [0.05, 0.1) is 15.9 Å². The second-order valence-electron chi connectivity index (χ2n) is 5.69. The summed E-state index contributed by atoms with van der Waals surface area (Å²) in [6, 6.07) is 3.66. The zero-order valence-electron chi connectivity index (χ0n) is 11.7. The third kappa shape index (κ3) is 2.74. The third-order valence-corrected chi connectivity index (χ3v) is 3.78. The van der Waals surface area contributed by atoms with Crippen molar-refractivity contribution in [2.45, 2.75) is 26.2 Å². The smallest absolute Gasteiger partial charge is 0.265 e. The Morgan fingerprint density at radius 1 is 1.35 bits per heavy atom. The molecule has 0 bridgehead atoms. The zero-order chi connectivity index (χ0) is 15.3. The van der Waals surface area contributed by atoms with E-state index in [1.807, 2.05) is 6.07 Å². The molecular weight excluding hydrogens is 300 g/mol. The van der Waals surface area contributed by atoms with E-state index in [0.717, 1.165) is 11.1 Å². The van der Waals surface area contributed by atoms with Gasteiger partial charge in [-0.1, -0.05) is 38.4 Å². The molecule has 20 heavy (non-hydrogen) atoms. The molecule has 3 N–H and O–H groups in total. The molecule has 0 aliphatic heterocycles. The topological polar surface area (TPSA) is 90.0 Å². The van der Waals surface area contributed by atoms with Gasteiger partial charge in [-0.05, 0) is 17.0 Å². The number of hydrogen-bond donors (Lipinski definition) is 2. The molecule has 0 atom stereocenters. The molecular formula is C12H17ClN4O2S. The largest absolute Gasteiger partial charge is 0.297 e. The molecule has 0 aliphatic rings. The minimum absolute atomic E-state index is 0.129. The minimum Gasteiger partial charge on any atom is -0.265 e. The van der Waals surface area contributed by atoms with Gasteiger partial charge in [-0.3, -0.25) is 9.40 Å². The van der Waals surface area contributed by atoms with Crippen LogP contribution in [-0.4, -0.2) is 18.2 Å². The first-order valence-corrected chi connectivity index (χ1v) is 7.89. The number of nitrogens with two attached hydrogens (primary N) is 1. The van der Waals surface area contributed by atoms with E-state index >= 15 is 0 Å². The van der Waals surface area contributed by atoms with Crippen molar-refractivity contribution in [1.29, 1.82) is 0 Å². The van der Waals surface area contributed by atoms with Crippen LogP contribution in [-0.2, 0) is 22.7 Å². The number of nitrogens with zero attached hydrogens (tertiary/aromatic N) is 2. The summed E-state index contributed by atoms with van der Waals surface area (Å²) in [4.78, 5) is 0. The summed E-state index contributed by atoms with van der Waals surface area (Å²) in [5.41, 5.74) is 1.68. The fourth-order valence-electron chi connectivity index (χ4n) is 2.19. The molecule has 2 aromatic rings. The number of aromatic nitrogens is 2. The first-order valence-electron chi connectivity index (χ1n) is 5.97. The van der Waals surface area contributed by atoms with Crippen LogP contribution in [0.5, 0.6) is 0 Å². The van der Waals surface area contributed by atoms with Crippen LogP contribution in [0.1, 0.15) is 26.3 Å². The fraction of sp³-hybridized carbons (Fsp3) is 0.417. The highest BCUT2D eigenvalue weighted by atomic mass is 35.5. The summed E-state index contributed by atoms with van der Waals surface area (Å²) in [7, 11) is -2.17. The van der Waals surface area contributed by atoms with Gasteiger partial charge < -0.3 is 0 Å². The predicted octanol–water partition coefficient (Wildman–Crippen LogP) is 2.14. The first-order chi connectivity index (χ1) is 9.00. The Kier molecular flexibility index (Phi) is 3.48. The maximum atomic E-state index is 11.2. The monoisotopic (exact) mass is 316 g/mol. The lowest BCUT2D eigenvalue weighted by molar-refractivity contribution is 0.590. The average molecular weight is 317 g/mol. The number of nitrogens with one attached hydrogen (secondary N) is 1. The predicted molar refractivity (Wildman–Crippen MR) is 81.2 cm³/mol. The van der Waals surface area contributed by atoms with E-state index in [0.29, 0.717) is 10.4 Å². The number of hydrogen-bond acceptors (Lipinski definition) is 3. The molecule has 1 heterocycles. The first kappa shape index (κ1) is 15.1. The molecule has 2 rings (SSSR count). The van der Waals surface area contributed by atoms with Gasteiger partial charge in [-0.2, -0.15) is 13.5 Å². The molecule has 0 radical (unpaired) electrons. The highest BCUT2D eigenvalue weighted by Gasteiger charge is 2.23. The molecule has 0 aliphatic carbocycles. The van der Waals surface area contributed by atoms with Crippen LogP contribution in [0.2, 0.25) is 5.02 Å². The summed E-state index contributed by atoms with van der Waals surface area (Å²) < 4.78 is 26.2. The molecule has 0 spiro atoms. The molecule has 0 unspecified atom stereocenters. The van der Waals surface area contributed by atoms with Crippen LogP contribution < -0.4 is 9.86 Å². The minimum atomic E-state index is -3.90. The summed E-state index contributed by atoms with van der Waals surface area (Å²) in [6.45, 7) is 6.19. The van der Waals surface area contributed by atoms with Crippen LogP contribution in [0, 0.1) is 0 Å². The molecule has 110 valence electrons. The van der Waals surface area contributed by atoms with E-state index in [-0.39, 0.29) is 11.2 Å². The number of benzene rings is 1. The standard InChI is InChI=1S/C12H17ClN4O2S/c1-12(2,3)7-5-6-8(13)9-10(7)17(4)15-11(9)16-20(14,18)19/h5-6H,1-4H3,(H,15,16)(H2,14,18,19). The van der Waals surface area contributed by atoms with E-state index < -0.39 is 10.2 Å². The van der Waals surface area contributed by atoms with Gasteiger partial charge in [0.2, 0.25) is 0 Å². The molecule has 0 saturated carbocycles. The second-order valence-corrected chi connectivity index (χ2v) is 7.39. The lowest BCUT2D eigenvalue weighted by atomic mass is 9.85. The van der Waals surface area contributed by atoms with Crippen molar-refractivity contribution in [3.63, 3.8) is 0 Å². The lowest BCUT2D eigenvalue weighted by Gasteiger charge is -2.20. The Morgan fingerprint density at radius 3 is 2.45 bits per heavy atom. The molecule has 1 aromatic heterocycles. The quantitative estimate of drug-likeness (QED) is 0.889. The van der Waals surface area contributed by atoms with E-state index in [1.54, 1.807) is 17.8 Å². The molecule has 0 saturated heterocycles. The Hall–Kier alpha value is -1.31. The maximum Gasteiger partial charge on any atom is 0.297 e. The van der Waals surface area contributed by atoms with Gasteiger partial charge in [-0.25, -0.2) is 5.14 Å². The summed E-state index contributed by atoms with van der Waals surface area (Å²) in [5.74, 6) is 0.140. The van der Waals surface area contributed by atoms with Gasteiger partial charge in [0, 0.05) is 7.05 Å². The Morgan fingerprint density at radius 2 is 1.95 bits per heavy atom. The Bertz CT molecular complexity index is 775. The van der Waals surface area contributed by atoms with Crippen molar-refractivity contribution < 1.29 is 8.42 Å². The molecule has 8 heteroatoms.